The van der Waals surface area contributed by atoms with E-state index in [4.69, 9.17) is 14.2 Å². The van der Waals surface area contributed by atoms with Crippen molar-refractivity contribution >= 4 is 47.5 Å². The maximum Gasteiger partial charge on any atom is 0.219 e. The van der Waals surface area contributed by atoms with Crippen LogP contribution in [0.1, 0.15) is 0 Å². The summed E-state index contributed by atoms with van der Waals surface area (Å²) in [5, 5.41) is 22.3. The highest BCUT2D eigenvalue weighted by Crippen LogP contribution is 2.31. The minimum absolute atomic E-state index is 0.338. The van der Waals surface area contributed by atoms with Crippen LogP contribution in [0.3, 0.4) is 0 Å². The van der Waals surface area contributed by atoms with Crippen LogP contribution in [-0.4, -0.2) is 126 Å². The maximum absolute atomic E-state index is 11.7. The molecule has 0 aliphatic carbocycles. The van der Waals surface area contributed by atoms with E-state index in [-0.39, 0.29) is 0 Å². The predicted molar refractivity (Wildman–Crippen MR) is 106 cm³/mol. The van der Waals surface area contributed by atoms with Crippen LogP contribution in [0, 0.1) is 0 Å². The van der Waals surface area contributed by atoms with Crippen molar-refractivity contribution in [2.75, 3.05) is 13.7 Å². The zero-order chi connectivity index (χ0) is 30.8. The van der Waals surface area contributed by atoms with E-state index in [2.05, 4.69) is 17.3 Å². The molecule has 27 heteroatoms. The van der Waals surface area contributed by atoms with E-state index in [1.165, 1.54) is 4.72 Å². The highest BCUT2D eigenvalue weighted by Gasteiger charge is 2.51. The van der Waals surface area contributed by atoms with Gasteiger partial charge in [-0.1, -0.05) is 0 Å². The predicted octanol–water partition coefficient (Wildman–Crippen LogP) is -7.32. The van der Waals surface area contributed by atoms with Crippen LogP contribution >= 0.6 is 0 Å². The number of carbonyl (C=O) groups excluding carboxylic acids is 1. The monoisotopic (exact) mass is 666 g/mol. The van der Waals surface area contributed by atoms with E-state index in [1.54, 1.807) is 0 Å². The first kappa shape index (κ1) is 34.5. The third-order valence-electron chi connectivity index (χ3n) is 4.63. The quantitative estimate of drug-likeness (QED) is 0.136. The number of aliphatic hydroxyl groups is 1. The molecule has 0 aromatic rings. The highest BCUT2D eigenvalue weighted by molar-refractivity contribution is 7.83. The fraction of sp³-hybridized carbons (Fsp3) is 0.769. The molecule has 1 saturated heterocycles. The Labute approximate surface area is 225 Å². The number of aliphatic carboxylic acids is 1. The molecule has 8 unspecified atom stereocenters. The standard InChI is InChI=1S/C13H21NO22S4/c1-30-13-9(36-40(27,28)29)7(15)8(10(34-13)11(16)17)33-12-6(14-37(18,19)20)5(35-39(24,25)26)2-4(32-12)3-31-38(21,22)23/h2,5-10,12-15H,3H2,1H3,(H,16,17)(H,18,19,20)(H,21,22,23)(H,24,25,26)(H,27,28,29)/p-5. The Bertz CT molecular complexity index is 1390. The Morgan fingerprint density at radius 1 is 0.950 bits per heavy atom. The molecule has 0 saturated carbocycles. The molecule has 0 aromatic heterocycles. The van der Waals surface area contributed by atoms with Gasteiger partial charge in [0.05, 0.1) is 5.97 Å². The maximum atomic E-state index is 11.7. The Morgan fingerprint density at radius 2 is 1.52 bits per heavy atom. The highest BCUT2D eigenvalue weighted by atomic mass is 32.3. The van der Waals surface area contributed by atoms with E-state index in [0.717, 1.165) is 7.11 Å². The average molecular weight is 667 g/mol. The summed E-state index contributed by atoms with van der Waals surface area (Å²) in [6.45, 7) is -1.42. The lowest BCUT2D eigenvalue weighted by atomic mass is 9.98. The number of ether oxygens (including phenoxy) is 4. The zero-order valence-corrected chi connectivity index (χ0v) is 22.3. The van der Waals surface area contributed by atoms with Crippen LogP contribution in [0.15, 0.2) is 11.8 Å². The van der Waals surface area contributed by atoms with E-state index in [0.29, 0.717) is 6.08 Å². The number of rotatable bonds is 13. The number of carboxylic acid groups (broad SMARTS) is 1. The first-order valence-corrected chi connectivity index (χ1v) is 15.1. The summed E-state index contributed by atoms with van der Waals surface area (Å²) in [7, 11) is -21.8. The smallest absolute Gasteiger partial charge is 0.219 e. The molecular weight excluding hydrogens is 650 g/mol. The van der Waals surface area contributed by atoms with Crippen molar-refractivity contribution in [1.82, 2.24) is 4.72 Å². The molecule has 0 amide bonds. The number of carbonyl (C=O) groups is 1. The molecule has 2 heterocycles. The van der Waals surface area contributed by atoms with E-state index >= 15 is 0 Å². The lowest BCUT2D eigenvalue weighted by Gasteiger charge is -2.46. The van der Waals surface area contributed by atoms with E-state index in [1.807, 2.05) is 0 Å². The number of aliphatic hydroxyl groups excluding tert-OH is 1. The second-order valence-corrected chi connectivity index (χ2v) is 11.6. The van der Waals surface area contributed by atoms with Crippen LogP contribution in [0.5, 0.6) is 0 Å². The van der Waals surface area contributed by atoms with Gasteiger partial charge in [0, 0.05) is 7.11 Å². The van der Waals surface area contributed by atoms with Gasteiger partial charge in [0.2, 0.25) is 37.5 Å². The molecular formula is C13H16NO22S4-5. The molecule has 1 fully saturated rings. The first-order valence-electron chi connectivity index (χ1n) is 9.71. The fourth-order valence-electron chi connectivity index (χ4n) is 3.29. The fourth-order valence-corrected chi connectivity index (χ4v) is 5.06. The number of carboxylic acids is 1. The second kappa shape index (κ2) is 12.7. The SMILES string of the molecule is COC1OC(C(=O)[O-])C(OC2OC(COS(=O)(=O)[O-])=CC(OS(=O)(=O)[O-])C2NS(=O)(=O)[O-])C(O)C1OS(=O)(=O)[O-]. The molecule has 8 atom stereocenters. The van der Waals surface area contributed by atoms with Gasteiger partial charge < -0.3 is 52.2 Å². The van der Waals surface area contributed by atoms with Crippen LogP contribution < -0.4 is 9.83 Å². The molecule has 234 valence electrons. The van der Waals surface area contributed by atoms with Gasteiger partial charge in [0.1, 0.15) is 42.8 Å². The zero-order valence-electron chi connectivity index (χ0n) is 19.1. The summed E-state index contributed by atoms with van der Waals surface area (Å²) in [4.78, 5) is 11.7. The number of hydrogen-bond acceptors (Lipinski definition) is 22. The summed E-state index contributed by atoms with van der Waals surface area (Å²) in [5.74, 6) is -3.21. The van der Waals surface area contributed by atoms with E-state index < -0.39 is 109 Å². The molecule has 2 rings (SSSR count). The summed E-state index contributed by atoms with van der Waals surface area (Å²) in [6.07, 6.45) is -16.9. The molecule has 0 radical (unpaired) electrons. The van der Waals surface area contributed by atoms with Crippen molar-refractivity contribution < 1.29 is 98.4 Å². The second-order valence-electron chi connectivity index (χ2n) is 7.40. The minimum Gasteiger partial charge on any atom is -0.735 e. The van der Waals surface area contributed by atoms with Crippen LogP contribution in [0.4, 0.5) is 0 Å². The Kier molecular flexibility index (Phi) is 10.9. The lowest BCUT2D eigenvalue weighted by molar-refractivity contribution is -0.356. The third kappa shape index (κ3) is 10.6. The Hall–Kier alpha value is -1.67. The molecule has 0 bridgehead atoms. The topological polar surface area (TPSA) is 366 Å². The van der Waals surface area contributed by atoms with Crippen LogP contribution in [0.25, 0.3) is 0 Å². The summed E-state index contributed by atoms with van der Waals surface area (Å²) < 4.78 is 166. The molecule has 23 nitrogen and oxygen atoms in total. The molecule has 2 aliphatic rings. The third-order valence-corrected chi connectivity index (χ3v) is 6.51. The van der Waals surface area contributed by atoms with Gasteiger partial charge in [0.15, 0.2) is 22.7 Å². The Morgan fingerprint density at radius 3 is 1.98 bits per heavy atom. The summed E-state index contributed by atoms with van der Waals surface area (Å²) in [5.41, 5.74) is 0. The average Bonchev–Trinajstić information content (AvgIpc) is 2.73. The number of methoxy groups -OCH3 is 1. The van der Waals surface area contributed by atoms with Crippen molar-refractivity contribution in [1.29, 1.82) is 0 Å². The number of hydrogen-bond donors (Lipinski definition) is 2. The normalized spacial score (nSPS) is 32.2. The summed E-state index contributed by atoms with van der Waals surface area (Å²) >= 11 is 0. The first-order chi connectivity index (χ1) is 18.0. The van der Waals surface area contributed by atoms with Crippen molar-refractivity contribution in [3.8, 4) is 0 Å². The van der Waals surface area contributed by atoms with Crippen molar-refractivity contribution in [2.45, 2.75) is 49.1 Å². The van der Waals surface area contributed by atoms with E-state index in [9.17, 15) is 66.9 Å². The Balaban J connectivity index is 2.58. The van der Waals surface area contributed by atoms with Crippen LogP contribution in [-0.2, 0) is 77.8 Å². The van der Waals surface area contributed by atoms with Crippen molar-refractivity contribution in [2.24, 2.45) is 0 Å². The van der Waals surface area contributed by atoms with Gasteiger partial charge in [-0.25, -0.2) is 38.4 Å². The largest absolute Gasteiger partial charge is 0.735 e. The molecule has 2 N–H and O–H groups in total. The molecule has 0 aromatic carbocycles. The van der Waals surface area contributed by atoms with Gasteiger partial charge >= 0.3 is 0 Å². The van der Waals surface area contributed by atoms with Gasteiger partial charge in [-0.3, -0.25) is 12.5 Å². The van der Waals surface area contributed by atoms with Gasteiger partial charge in [-0.15, -0.1) is 0 Å². The molecule has 0 spiro atoms. The van der Waals surface area contributed by atoms with Gasteiger partial charge in [-0.2, -0.15) is 0 Å². The summed E-state index contributed by atoms with van der Waals surface area (Å²) in [6, 6.07) is -2.49. The van der Waals surface area contributed by atoms with Crippen molar-refractivity contribution in [3.05, 3.63) is 11.8 Å². The van der Waals surface area contributed by atoms with Gasteiger partial charge in [-0.05, 0) is 6.08 Å². The minimum atomic E-state index is -5.79. The lowest BCUT2D eigenvalue weighted by Crippen LogP contribution is -2.66. The number of nitrogens with one attached hydrogen (secondary N) is 1. The van der Waals surface area contributed by atoms with Gasteiger partial charge in [0.25, 0.3) is 0 Å². The molecule has 2 aliphatic heterocycles. The van der Waals surface area contributed by atoms with Crippen molar-refractivity contribution in [3.63, 3.8) is 0 Å². The molecule has 40 heavy (non-hydrogen) atoms. The van der Waals surface area contributed by atoms with Crippen LogP contribution in [0.2, 0.25) is 0 Å².